The third kappa shape index (κ3) is 5.15. The van der Waals surface area contributed by atoms with E-state index in [-0.39, 0.29) is 5.41 Å². The zero-order chi connectivity index (χ0) is 19.9. The number of hydrogen-bond acceptors (Lipinski definition) is 0. The summed E-state index contributed by atoms with van der Waals surface area (Å²) < 4.78 is 0. The van der Waals surface area contributed by atoms with Gasteiger partial charge in [0.2, 0.25) is 0 Å². The topological polar surface area (TPSA) is 0 Å². The van der Waals surface area contributed by atoms with Gasteiger partial charge in [0.15, 0.2) is 0 Å². The van der Waals surface area contributed by atoms with Crippen LogP contribution in [-0.4, -0.2) is 0 Å². The second-order valence-corrected chi connectivity index (χ2v) is 9.00. The summed E-state index contributed by atoms with van der Waals surface area (Å²) in [6.07, 6.45) is 25.7. The molecule has 2 aliphatic rings. The lowest BCUT2D eigenvalue weighted by Crippen LogP contribution is -2.21. The van der Waals surface area contributed by atoms with E-state index in [1.165, 1.54) is 68.9 Å². The largest absolute Gasteiger partial charge is 0.0740 e. The van der Waals surface area contributed by atoms with E-state index in [1.54, 1.807) is 11.1 Å². The normalized spacial score (nSPS) is 20.7. The van der Waals surface area contributed by atoms with Crippen molar-refractivity contribution in [2.45, 2.75) is 99.3 Å². The van der Waals surface area contributed by atoms with E-state index in [0.717, 1.165) is 0 Å². The molecule has 0 aromatic heterocycles. The first-order chi connectivity index (χ1) is 12.9. The van der Waals surface area contributed by atoms with Crippen LogP contribution >= 0.6 is 0 Å². The molecular weight excluding hydrogens is 324 g/mol. The lowest BCUT2D eigenvalue weighted by molar-refractivity contribution is 0.354. The average Bonchev–Trinajstić information content (AvgIpc) is 2.71. The minimum Gasteiger partial charge on any atom is -0.0740 e. The highest BCUT2D eigenvalue weighted by Crippen LogP contribution is 2.43. The molecule has 0 saturated carbocycles. The summed E-state index contributed by atoms with van der Waals surface area (Å²) in [4.78, 5) is 0. The van der Waals surface area contributed by atoms with E-state index in [1.807, 2.05) is 0 Å². The quantitative estimate of drug-likeness (QED) is 0.382. The van der Waals surface area contributed by atoms with E-state index in [0.29, 0.717) is 5.41 Å². The van der Waals surface area contributed by atoms with Crippen molar-refractivity contribution in [2.24, 2.45) is 10.8 Å². The van der Waals surface area contributed by atoms with Crippen molar-refractivity contribution in [1.29, 1.82) is 0 Å². The molecule has 0 bridgehead atoms. The Kier molecular flexibility index (Phi) is 7.95. The average molecular weight is 367 g/mol. The van der Waals surface area contributed by atoms with Gasteiger partial charge in [-0.25, -0.2) is 0 Å². The third-order valence-electron chi connectivity index (χ3n) is 7.46. The SMILES string of the molecule is CCCC(C=CC1=CC=C(C(C)(CC)CC)CC1)(CC)C1=CC=C(C)CC1. The van der Waals surface area contributed by atoms with Crippen molar-refractivity contribution in [2.75, 3.05) is 0 Å². The van der Waals surface area contributed by atoms with Crippen molar-refractivity contribution >= 4 is 0 Å². The van der Waals surface area contributed by atoms with Crippen LogP contribution in [0, 0.1) is 10.8 Å². The molecule has 0 aromatic carbocycles. The van der Waals surface area contributed by atoms with E-state index in [4.69, 9.17) is 0 Å². The second-order valence-electron chi connectivity index (χ2n) is 9.00. The minimum atomic E-state index is 0.248. The fourth-order valence-corrected chi connectivity index (χ4v) is 4.74. The summed E-state index contributed by atoms with van der Waals surface area (Å²) in [5.41, 5.74) is 6.95. The Hall–Kier alpha value is -1.30. The third-order valence-corrected chi connectivity index (χ3v) is 7.46. The van der Waals surface area contributed by atoms with Gasteiger partial charge in [-0.3, -0.25) is 0 Å². The molecule has 0 N–H and O–H groups in total. The van der Waals surface area contributed by atoms with E-state index >= 15 is 0 Å². The lowest BCUT2D eigenvalue weighted by atomic mass is 9.70. The Morgan fingerprint density at radius 1 is 0.815 bits per heavy atom. The maximum atomic E-state index is 2.56. The van der Waals surface area contributed by atoms with Gasteiger partial charge in [0, 0.05) is 5.41 Å². The predicted molar refractivity (Wildman–Crippen MR) is 122 cm³/mol. The summed E-state index contributed by atoms with van der Waals surface area (Å²) >= 11 is 0. The van der Waals surface area contributed by atoms with Gasteiger partial charge in [0.25, 0.3) is 0 Å². The molecule has 0 spiro atoms. The molecule has 0 radical (unpaired) electrons. The molecule has 0 aliphatic heterocycles. The summed E-state index contributed by atoms with van der Waals surface area (Å²) in [6, 6.07) is 0. The molecular formula is C27H42. The van der Waals surface area contributed by atoms with Gasteiger partial charge < -0.3 is 0 Å². The Morgan fingerprint density at radius 3 is 1.96 bits per heavy atom. The Morgan fingerprint density at radius 2 is 1.48 bits per heavy atom. The van der Waals surface area contributed by atoms with Gasteiger partial charge in [-0.15, -0.1) is 0 Å². The van der Waals surface area contributed by atoms with Crippen LogP contribution in [0.15, 0.2) is 58.7 Å². The smallest absolute Gasteiger partial charge is 0.00944 e. The fraction of sp³-hybridized carbons (Fsp3) is 0.630. The van der Waals surface area contributed by atoms with Gasteiger partial charge in [-0.05, 0) is 69.3 Å². The molecule has 0 amide bonds. The maximum absolute atomic E-state index is 2.56. The Labute approximate surface area is 169 Å². The van der Waals surface area contributed by atoms with Crippen molar-refractivity contribution in [3.63, 3.8) is 0 Å². The molecule has 0 saturated heterocycles. The first-order valence-corrected chi connectivity index (χ1v) is 11.4. The van der Waals surface area contributed by atoms with Gasteiger partial charge in [0.1, 0.15) is 0 Å². The van der Waals surface area contributed by atoms with Gasteiger partial charge in [-0.2, -0.15) is 0 Å². The number of allylic oxidation sites excluding steroid dienone is 10. The van der Waals surface area contributed by atoms with Gasteiger partial charge >= 0.3 is 0 Å². The molecule has 2 aliphatic carbocycles. The first-order valence-electron chi connectivity index (χ1n) is 11.4. The zero-order valence-corrected chi connectivity index (χ0v) is 18.8. The molecule has 0 fully saturated rings. The number of hydrogen-bond donors (Lipinski definition) is 0. The van der Waals surface area contributed by atoms with E-state index in [2.05, 4.69) is 78.0 Å². The molecule has 1 unspecified atom stereocenters. The van der Waals surface area contributed by atoms with Crippen LogP contribution in [0.4, 0.5) is 0 Å². The van der Waals surface area contributed by atoms with Crippen LogP contribution < -0.4 is 0 Å². The minimum absolute atomic E-state index is 0.248. The fourth-order valence-electron chi connectivity index (χ4n) is 4.74. The van der Waals surface area contributed by atoms with Crippen LogP contribution in [0.3, 0.4) is 0 Å². The van der Waals surface area contributed by atoms with Crippen LogP contribution in [0.2, 0.25) is 0 Å². The Bertz CT molecular complexity index is 646. The highest BCUT2D eigenvalue weighted by Gasteiger charge is 2.30. The molecule has 0 aromatic rings. The molecule has 2 rings (SSSR count). The monoisotopic (exact) mass is 366 g/mol. The molecule has 0 heteroatoms. The predicted octanol–water partition coefficient (Wildman–Crippen LogP) is 8.88. The lowest BCUT2D eigenvalue weighted by Gasteiger charge is -2.35. The summed E-state index contributed by atoms with van der Waals surface area (Å²) in [6.45, 7) is 14.0. The van der Waals surface area contributed by atoms with Crippen molar-refractivity contribution in [3.05, 3.63) is 58.7 Å². The summed E-state index contributed by atoms with van der Waals surface area (Å²) in [7, 11) is 0. The highest BCUT2D eigenvalue weighted by molar-refractivity contribution is 5.37. The molecule has 0 heterocycles. The van der Waals surface area contributed by atoms with Crippen molar-refractivity contribution < 1.29 is 0 Å². The Balaban J connectivity index is 2.25. The second kappa shape index (κ2) is 9.76. The van der Waals surface area contributed by atoms with Crippen LogP contribution in [0.5, 0.6) is 0 Å². The summed E-state index contributed by atoms with van der Waals surface area (Å²) in [5.74, 6) is 0. The first kappa shape index (κ1) is 22.0. The molecule has 27 heavy (non-hydrogen) atoms. The molecule has 0 nitrogen and oxygen atoms in total. The maximum Gasteiger partial charge on any atom is 0.00944 e. The summed E-state index contributed by atoms with van der Waals surface area (Å²) in [5, 5.41) is 0. The highest BCUT2D eigenvalue weighted by atomic mass is 14.3. The van der Waals surface area contributed by atoms with Crippen LogP contribution in [0.25, 0.3) is 0 Å². The number of rotatable bonds is 9. The van der Waals surface area contributed by atoms with Gasteiger partial charge in [0.05, 0.1) is 0 Å². The van der Waals surface area contributed by atoms with Crippen LogP contribution in [0.1, 0.15) is 99.3 Å². The van der Waals surface area contributed by atoms with Crippen molar-refractivity contribution in [1.82, 2.24) is 0 Å². The van der Waals surface area contributed by atoms with Crippen molar-refractivity contribution in [3.8, 4) is 0 Å². The molecule has 150 valence electrons. The van der Waals surface area contributed by atoms with E-state index in [9.17, 15) is 0 Å². The van der Waals surface area contributed by atoms with Crippen LogP contribution in [-0.2, 0) is 0 Å². The molecule has 1 atom stereocenters. The van der Waals surface area contributed by atoms with Gasteiger partial charge in [-0.1, -0.05) is 94.2 Å². The zero-order valence-electron chi connectivity index (χ0n) is 18.8. The van der Waals surface area contributed by atoms with E-state index < -0.39 is 0 Å². The standard InChI is InChI=1S/C27H42/c1-7-20-27(10-4,25-15-11-22(5)12-16-25)21-19-23-13-17-24(18-14-23)26(6,8-2)9-3/h11,13,15,17,19,21H,7-10,12,14,16,18,20H2,1-6H3.